The fourth-order valence-electron chi connectivity index (χ4n) is 3.28. The number of rotatable bonds is 6. The highest BCUT2D eigenvalue weighted by Gasteiger charge is 2.36. The molecule has 28 heavy (non-hydrogen) atoms. The van der Waals surface area contributed by atoms with Crippen molar-refractivity contribution in [2.45, 2.75) is 26.2 Å². The van der Waals surface area contributed by atoms with Gasteiger partial charge in [-0.05, 0) is 56.2 Å². The molecule has 3 rings (SSSR count). The lowest BCUT2D eigenvalue weighted by Gasteiger charge is -2.29. The Morgan fingerprint density at radius 3 is 2.64 bits per heavy atom. The van der Waals surface area contributed by atoms with Gasteiger partial charge in [-0.2, -0.15) is 0 Å². The Bertz CT molecular complexity index is 802. The topological polar surface area (TPSA) is 76.2 Å². The van der Waals surface area contributed by atoms with E-state index in [0.29, 0.717) is 11.3 Å². The Labute approximate surface area is 168 Å². The molecule has 0 saturated carbocycles. The number of piperidine rings is 1. The summed E-state index contributed by atoms with van der Waals surface area (Å²) in [5.74, 6) is -0.458. The van der Waals surface area contributed by atoms with Crippen LogP contribution < -0.4 is 9.64 Å². The number of ether oxygens (including phenoxy) is 2. The summed E-state index contributed by atoms with van der Waals surface area (Å²) in [4.78, 5) is 39.8. The van der Waals surface area contributed by atoms with Crippen LogP contribution in [0.1, 0.15) is 31.7 Å². The van der Waals surface area contributed by atoms with E-state index in [1.54, 1.807) is 20.1 Å². The van der Waals surface area contributed by atoms with Crippen LogP contribution >= 0.6 is 11.8 Å². The van der Waals surface area contributed by atoms with Gasteiger partial charge in [0.2, 0.25) is 0 Å². The Hall–Kier alpha value is -2.48. The monoisotopic (exact) mass is 404 g/mol. The van der Waals surface area contributed by atoms with E-state index in [0.717, 1.165) is 35.4 Å². The normalized spacial score (nSPS) is 18.7. The quantitative estimate of drug-likeness (QED) is 0.532. The van der Waals surface area contributed by atoms with Gasteiger partial charge in [-0.1, -0.05) is 0 Å². The number of thioether (sulfide) groups is 1. The Balaban J connectivity index is 1.79. The molecule has 0 aromatic heterocycles. The molecule has 8 heteroatoms. The van der Waals surface area contributed by atoms with Crippen LogP contribution in [-0.2, 0) is 14.3 Å². The molecule has 2 fully saturated rings. The average molecular weight is 404 g/mol. The van der Waals surface area contributed by atoms with Crippen molar-refractivity contribution in [3.8, 4) is 5.75 Å². The van der Waals surface area contributed by atoms with E-state index < -0.39 is 17.1 Å². The van der Waals surface area contributed by atoms with Gasteiger partial charge in [0.25, 0.3) is 11.1 Å². The fraction of sp³-hybridized carbons (Fsp3) is 0.450. The summed E-state index contributed by atoms with van der Waals surface area (Å²) in [5, 5.41) is -0.479. The van der Waals surface area contributed by atoms with Gasteiger partial charge in [0.1, 0.15) is 12.3 Å². The number of methoxy groups -OCH3 is 1. The van der Waals surface area contributed by atoms with Gasteiger partial charge in [0.05, 0.1) is 18.6 Å². The summed E-state index contributed by atoms with van der Waals surface area (Å²) in [6, 6.07) is 5.85. The maximum absolute atomic E-state index is 12.5. The second-order valence-corrected chi connectivity index (χ2v) is 7.54. The maximum atomic E-state index is 12.5. The minimum absolute atomic E-state index is 0.200. The van der Waals surface area contributed by atoms with Crippen molar-refractivity contribution in [3.63, 3.8) is 0 Å². The highest BCUT2D eigenvalue weighted by Crippen LogP contribution is 2.35. The zero-order valence-corrected chi connectivity index (χ0v) is 16.9. The molecule has 1 aromatic carbocycles. The largest absolute Gasteiger partial charge is 0.496 e. The van der Waals surface area contributed by atoms with Gasteiger partial charge in [-0.15, -0.1) is 0 Å². The molecular weight excluding hydrogens is 380 g/mol. The molecule has 0 aliphatic carbocycles. The van der Waals surface area contributed by atoms with Crippen LogP contribution in [0.25, 0.3) is 6.08 Å². The van der Waals surface area contributed by atoms with E-state index in [1.807, 2.05) is 18.2 Å². The Kier molecular flexibility index (Phi) is 6.61. The van der Waals surface area contributed by atoms with Crippen LogP contribution in [-0.4, -0.2) is 55.4 Å². The molecule has 2 aliphatic heterocycles. The predicted molar refractivity (Wildman–Crippen MR) is 108 cm³/mol. The van der Waals surface area contributed by atoms with Crippen LogP contribution in [0, 0.1) is 0 Å². The highest BCUT2D eigenvalue weighted by molar-refractivity contribution is 8.18. The van der Waals surface area contributed by atoms with E-state index in [2.05, 4.69) is 4.90 Å². The number of anilines is 1. The van der Waals surface area contributed by atoms with Gasteiger partial charge in [-0.3, -0.25) is 19.3 Å². The van der Waals surface area contributed by atoms with Crippen LogP contribution in [0.2, 0.25) is 0 Å². The highest BCUT2D eigenvalue weighted by atomic mass is 32.2. The van der Waals surface area contributed by atoms with Crippen molar-refractivity contribution in [2.75, 3.05) is 38.3 Å². The summed E-state index contributed by atoms with van der Waals surface area (Å²) in [5.41, 5.74) is 1.80. The zero-order chi connectivity index (χ0) is 20.1. The van der Waals surface area contributed by atoms with E-state index in [-0.39, 0.29) is 18.1 Å². The molecule has 0 atom stereocenters. The van der Waals surface area contributed by atoms with E-state index in [4.69, 9.17) is 9.47 Å². The first kappa shape index (κ1) is 20.3. The fourth-order valence-corrected chi connectivity index (χ4v) is 4.11. The first-order valence-corrected chi connectivity index (χ1v) is 10.2. The van der Waals surface area contributed by atoms with Crippen molar-refractivity contribution in [1.82, 2.24) is 4.90 Å². The van der Waals surface area contributed by atoms with Crippen LogP contribution in [0.4, 0.5) is 10.5 Å². The van der Waals surface area contributed by atoms with Crippen molar-refractivity contribution >= 4 is 40.6 Å². The first-order chi connectivity index (χ1) is 13.5. The van der Waals surface area contributed by atoms with Crippen LogP contribution in [0.5, 0.6) is 5.75 Å². The number of imide groups is 1. The SMILES string of the molecule is CCOC(=O)CN1C(=O)S/C(=C/c2ccc(N3CCCCC3)cc2OC)C1=O. The minimum atomic E-state index is -0.602. The molecule has 7 nitrogen and oxygen atoms in total. The van der Waals surface area contributed by atoms with Gasteiger partial charge < -0.3 is 14.4 Å². The summed E-state index contributed by atoms with van der Waals surface area (Å²) in [6.45, 7) is 3.54. The number of carbonyl (C=O) groups is 3. The molecular formula is C20H24N2O5S. The third kappa shape index (κ3) is 4.49. The molecule has 1 aromatic rings. The molecule has 2 saturated heterocycles. The lowest BCUT2D eigenvalue weighted by atomic mass is 10.1. The molecule has 0 radical (unpaired) electrons. The molecule has 0 N–H and O–H groups in total. The van der Waals surface area contributed by atoms with E-state index >= 15 is 0 Å². The first-order valence-electron chi connectivity index (χ1n) is 9.37. The molecule has 2 amide bonds. The Morgan fingerprint density at radius 2 is 1.96 bits per heavy atom. The van der Waals surface area contributed by atoms with E-state index in [1.165, 1.54) is 19.3 Å². The lowest BCUT2D eigenvalue weighted by Crippen LogP contribution is -2.34. The number of nitrogens with zero attached hydrogens (tertiary/aromatic N) is 2. The number of benzene rings is 1. The summed E-state index contributed by atoms with van der Waals surface area (Å²) in [6.07, 6.45) is 5.25. The minimum Gasteiger partial charge on any atom is -0.496 e. The van der Waals surface area contributed by atoms with Crippen molar-refractivity contribution in [3.05, 3.63) is 28.7 Å². The van der Waals surface area contributed by atoms with Crippen LogP contribution in [0.15, 0.2) is 23.1 Å². The zero-order valence-electron chi connectivity index (χ0n) is 16.1. The number of hydrogen-bond acceptors (Lipinski definition) is 7. The lowest BCUT2D eigenvalue weighted by molar-refractivity contribution is -0.145. The van der Waals surface area contributed by atoms with Crippen LogP contribution in [0.3, 0.4) is 0 Å². The smallest absolute Gasteiger partial charge is 0.326 e. The molecule has 150 valence electrons. The second kappa shape index (κ2) is 9.14. The number of esters is 1. The second-order valence-electron chi connectivity index (χ2n) is 6.55. The van der Waals surface area contributed by atoms with E-state index in [9.17, 15) is 14.4 Å². The predicted octanol–water partition coefficient (Wildman–Crippen LogP) is 3.28. The standard InChI is InChI=1S/C20H24N2O5S/c1-3-27-18(23)13-22-19(24)17(28-20(22)25)11-14-7-8-15(12-16(14)26-2)21-9-5-4-6-10-21/h7-8,11-12H,3-6,9-10,13H2,1-2H3/b17-11+. The summed E-state index contributed by atoms with van der Waals surface area (Å²) < 4.78 is 10.3. The number of hydrogen-bond donors (Lipinski definition) is 0. The van der Waals surface area contributed by atoms with Gasteiger partial charge in [-0.25, -0.2) is 0 Å². The number of carbonyl (C=O) groups excluding carboxylic acids is 3. The van der Waals surface area contributed by atoms with Gasteiger partial charge >= 0.3 is 5.97 Å². The van der Waals surface area contributed by atoms with Gasteiger partial charge in [0, 0.05) is 30.4 Å². The third-order valence-corrected chi connectivity index (χ3v) is 5.60. The average Bonchev–Trinajstić information content (AvgIpc) is 2.96. The van der Waals surface area contributed by atoms with Crippen molar-refractivity contribution in [2.24, 2.45) is 0 Å². The summed E-state index contributed by atoms with van der Waals surface area (Å²) in [7, 11) is 1.58. The number of amides is 2. The third-order valence-electron chi connectivity index (χ3n) is 4.69. The molecule has 2 aliphatic rings. The molecule has 2 heterocycles. The van der Waals surface area contributed by atoms with Crippen molar-refractivity contribution < 1.29 is 23.9 Å². The van der Waals surface area contributed by atoms with Gasteiger partial charge in [0.15, 0.2) is 0 Å². The molecule has 0 bridgehead atoms. The Morgan fingerprint density at radius 1 is 1.21 bits per heavy atom. The summed E-state index contributed by atoms with van der Waals surface area (Å²) >= 11 is 0.813. The maximum Gasteiger partial charge on any atom is 0.326 e. The molecule has 0 unspecified atom stereocenters. The van der Waals surface area contributed by atoms with Crippen molar-refractivity contribution in [1.29, 1.82) is 0 Å². The molecule has 0 spiro atoms.